The first-order valence-electron chi connectivity index (χ1n) is 4.44. The van der Waals surface area contributed by atoms with Gasteiger partial charge in [-0.3, -0.25) is 4.98 Å². The van der Waals surface area contributed by atoms with E-state index in [0.29, 0.717) is 17.4 Å². The van der Waals surface area contributed by atoms with Crippen LogP contribution in [0.4, 0.5) is 5.13 Å². The standard InChI is InChI=1S/C9H8N4O2S/c14-8(15)6-1-2-10-7(3-6)4-11-9-12-5-13-16-9/h1-3,5H,4H2,(H,14,15)(H,11,12,13). The monoisotopic (exact) mass is 236 g/mol. The second kappa shape index (κ2) is 4.67. The Labute approximate surface area is 95.2 Å². The van der Waals surface area contributed by atoms with E-state index in [2.05, 4.69) is 19.7 Å². The number of aromatic carboxylic acids is 1. The number of nitrogens with zero attached hydrogens (tertiary/aromatic N) is 3. The number of carbonyl (C=O) groups is 1. The predicted molar refractivity (Wildman–Crippen MR) is 58.4 cm³/mol. The molecule has 7 heteroatoms. The Bertz CT molecular complexity index is 486. The Morgan fingerprint density at radius 1 is 1.50 bits per heavy atom. The number of hydrogen-bond acceptors (Lipinski definition) is 6. The molecule has 0 fully saturated rings. The van der Waals surface area contributed by atoms with Gasteiger partial charge in [0.15, 0.2) is 0 Å². The minimum atomic E-state index is -0.959. The summed E-state index contributed by atoms with van der Waals surface area (Å²) in [6.45, 7) is 0.427. The van der Waals surface area contributed by atoms with Crippen LogP contribution < -0.4 is 5.32 Å². The van der Waals surface area contributed by atoms with Crippen molar-refractivity contribution in [3.8, 4) is 0 Å². The zero-order valence-electron chi connectivity index (χ0n) is 8.12. The summed E-state index contributed by atoms with van der Waals surface area (Å²) >= 11 is 1.24. The van der Waals surface area contributed by atoms with Crippen molar-refractivity contribution in [1.82, 2.24) is 14.3 Å². The van der Waals surface area contributed by atoms with Crippen LogP contribution >= 0.6 is 11.5 Å². The van der Waals surface area contributed by atoms with Crippen molar-refractivity contribution < 1.29 is 9.90 Å². The Balaban J connectivity index is 2.04. The molecule has 82 valence electrons. The van der Waals surface area contributed by atoms with E-state index in [9.17, 15) is 4.79 Å². The fourth-order valence-corrected chi connectivity index (χ4v) is 1.55. The molecular formula is C9H8N4O2S. The first-order chi connectivity index (χ1) is 7.75. The third kappa shape index (κ3) is 2.51. The van der Waals surface area contributed by atoms with Crippen molar-refractivity contribution in [3.05, 3.63) is 35.9 Å². The van der Waals surface area contributed by atoms with Crippen molar-refractivity contribution in [2.75, 3.05) is 5.32 Å². The number of carboxylic acid groups (broad SMARTS) is 1. The SMILES string of the molecule is O=C(O)c1ccnc(CNc2ncns2)c1. The quantitative estimate of drug-likeness (QED) is 0.830. The van der Waals surface area contributed by atoms with Gasteiger partial charge in [0.25, 0.3) is 0 Å². The summed E-state index contributed by atoms with van der Waals surface area (Å²) in [4.78, 5) is 18.7. The predicted octanol–water partition coefficient (Wildman–Crippen LogP) is 1.24. The second-order valence-corrected chi connectivity index (χ2v) is 3.72. The summed E-state index contributed by atoms with van der Waals surface area (Å²) in [5.41, 5.74) is 0.874. The topological polar surface area (TPSA) is 88.0 Å². The highest BCUT2D eigenvalue weighted by atomic mass is 32.1. The van der Waals surface area contributed by atoms with E-state index < -0.39 is 5.97 Å². The average Bonchev–Trinajstić information content (AvgIpc) is 2.79. The van der Waals surface area contributed by atoms with E-state index in [1.54, 1.807) is 0 Å². The zero-order valence-corrected chi connectivity index (χ0v) is 8.94. The van der Waals surface area contributed by atoms with Crippen LogP contribution in [-0.2, 0) is 6.54 Å². The minimum Gasteiger partial charge on any atom is -0.478 e. The molecular weight excluding hydrogens is 228 g/mol. The Hall–Kier alpha value is -2.02. The van der Waals surface area contributed by atoms with E-state index in [-0.39, 0.29) is 5.56 Å². The summed E-state index contributed by atoms with van der Waals surface area (Å²) in [6, 6.07) is 2.98. The molecule has 2 aromatic rings. The molecule has 0 aromatic carbocycles. The van der Waals surface area contributed by atoms with E-state index in [1.807, 2.05) is 0 Å². The third-order valence-electron chi connectivity index (χ3n) is 1.85. The van der Waals surface area contributed by atoms with Crippen LogP contribution in [0.25, 0.3) is 0 Å². The maximum Gasteiger partial charge on any atom is 0.335 e. The lowest BCUT2D eigenvalue weighted by molar-refractivity contribution is 0.0696. The Morgan fingerprint density at radius 2 is 2.38 bits per heavy atom. The molecule has 0 spiro atoms. The smallest absolute Gasteiger partial charge is 0.335 e. The number of nitrogens with one attached hydrogen (secondary N) is 1. The second-order valence-electron chi connectivity index (χ2n) is 2.94. The van der Waals surface area contributed by atoms with Gasteiger partial charge in [-0.05, 0) is 12.1 Å². The molecule has 2 N–H and O–H groups in total. The molecule has 2 aromatic heterocycles. The molecule has 0 saturated heterocycles. The fourth-order valence-electron chi connectivity index (χ4n) is 1.13. The molecule has 2 rings (SSSR count). The molecule has 0 aliphatic carbocycles. The number of aromatic nitrogens is 3. The van der Waals surface area contributed by atoms with Crippen molar-refractivity contribution in [3.63, 3.8) is 0 Å². The van der Waals surface area contributed by atoms with Gasteiger partial charge in [-0.2, -0.15) is 4.37 Å². The normalized spacial score (nSPS) is 10.0. The van der Waals surface area contributed by atoms with Gasteiger partial charge in [0.1, 0.15) is 6.33 Å². The molecule has 0 atom stereocenters. The maximum absolute atomic E-state index is 10.7. The number of hydrogen-bond donors (Lipinski definition) is 2. The first kappa shape index (κ1) is 10.5. The molecule has 2 heterocycles. The fraction of sp³-hybridized carbons (Fsp3) is 0.111. The van der Waals surface area contributed by atoms with Crippen molar-refractivity contribution in [2.24, 2.45) is 0 Å². The molecule has 0 radical (unpaired) electrons. The summed E-state index contributed by atoms with van der Waals surface area (Å²) in [6.07, 6.45) is 2.93. The van der Waals surface area contributed by atoms with Crippen LogP contribution in [0.5, 0.6) is 0 Å². The van der Waals surface area contributed by atoms with Crippen molar-refractivity contribution in [2.45, 2.75) is 6.54 Å². The number of pyridine rings is 1. The first-order valence-corrected chi connectivity index (χ1v) is 5.22. The largest absolute Gasteiger partial charge is 0.478 e. The van der Waals surface area contributed by atoms with Crippen LogP contribution in [0.15, 0.2) is 24.7 Å². The van der Waals surface area contributed by atoms with Crippen LogP contribution in [0, 0.1) is 0 Å². The summed E-state index contributed by atoms with van der Waals surface area (Å²) < 4.78 is 3.83. The molecule has 16 heavy (non-hydrogen) atoms. The van der Waals surface area contributed by atoms with Crippen LogP contribution in [-0.4, -0.2) is 25.4 Å². The van der Waals surface area contributed by atoms with Crippen LogP contribution in [0.1, 0.15) is 16.1 Å². The lowest BCUT2D eigenvalue weighted by atomic mass is 10.2. The summed E-state index contributed by atoms with van der Waals surface area (Å²) in [7, 11) is 0. The van der Waals surface area contributed by atoms with Gasteiger partial charge >= 0.3 is 5.97 Å². The van der Waals surface area contributed by atoms with Gasteiger partial charge in [0.05, 0.1) is 17.8 Å². The Morgan fingerprint density at radius 3 is 3.06 bits per heavy atom. The lowest BCUT2D eigenvalue weighted by Gasteiger charge is -2.02. The number of carboxylic acids is 1. The van der Waals surface area contributed by atoms with Gasteiger partial charge in [-0.15, -0.1) is 0 Å². The lowest BCUT2D eigenvalue weighted by Crippen LogP contribution is -2.04. The van der Waals surface area contributed by atoms with Crippen molar-refractivity contribution in [1.29, 1.82) is 0 Å². The van der Waals surface area contributed by atoms with Gasteiger partial charge in [0, 0.05) is 17.7 Å². The molecule has 0 bridgehead atoms. The van der Waals surface area contributed by atoms with E-state index in [0.717, 1.165) is 0 Å². The Kier molecular flexibility index (Phi) is 3.06. The van der Waals surface area contributed by atoms with Gasteiger partial charge < -0.3 is 10.4 Å². The number of anilines is 1. The highest BCUT2D eigenvalue weighted by molar-refractivity contribution is 7.09. The van der Waals surface area contributed by atoms with Crippen LogP contribution in [0.2, 0.25) is 0 Å². The van der Waals surface area contributed by atoms with Crippen LogP contribution in [0.3, 0.4) is 0 Å². The highest BCUT2D eigenvalue weighted by Crippen LogP contribution is 2.09. The van der Waals surface area contributed by atoms with Gasteiger partial charge in [-0.1, -0.05) is 0 Å². The van der Waals surface area contributed by atoms with E-state index in [1.165, 1.54) is 36.2 Å². The molecule has 0 aliphatic heterocycles. The zero-order chi connectivity index (χ0) is 11.4. The highest BCUT2D eigenvalue weighted by Gasteiger charge is 2.04. The average molecular weight is 236 g/mol. The molecule has 0 saturated carbocycles. The molecule has 0 unspecified atom stereocenters. The van der Waals surface area contributed by atoms with E-state index in [4.69, 9.17) is 5.11 Å². The summed E-state index contributed by atoms with van der Waals surface area (Å²) in [5.74, 6) is -0.959. The van der Waals surface area contributed by atoms with Gasteiger partial charge in [0.2, 0.25) is 5.13 Å². The maximum atomic E-state index is 10.7. The third-order valence-corrected chi connectivity index (χ3v) is 2.47. The minimum absolute atomic E-state index is 0.226. The molecule has 0 amide bonds. The van der Waals surface area contributed by atoms with Crippen molar-refractivity contribution >= 4 is 22.6 Å². The van der Waals surface area contributed by atoms with E-state index >= 15 is 0 Å². The molecule has 0 aliphatic rings. The number of rotatable bonds is 4. The summed E-state index contributed by atoms with van der Waals surface area (Å²) in [5, 5.41) is 12.5. The van der Waals surface area contributed by atoms with Gasteiger partial charge in [-0.25, -0.2) is 9.78 Å². The molecule has 6 nitrogen and oxygen atoms in total.